The number of fused-ring (bicyclic) bond motifs is 1. The third kappa shape index (κ3) is 4.58. The molecule has 1 N–H and O–H groups in total. The molecule has 31 heavy (non-hydrogen) atoms. The number of pyridine rings is 2. The van der Waals surface area contributed by atoms with Crippen molar-refractivity contribution in [2.24, 2.45) is 0 Å². The summed E-state index contributed by atoms with van der Waals surface area (Å²) in [4.78, 5) is 11.1. The molecule has 1 saturated carbocycles. The highest BCUT2D eigenvalue weighted by Gasteiger charge is 2.47. The van der Waals surface area contributed by atoms with Gasteiger partial charge >= 0.3 is 0 Å². The molecule has 4 rings (SSSR count). The number of anilines is 1. The second-order valence-electron chi connectivity index (χ2n) is 8.18. The average Bonchev–Trinajstić information content (AvgIpc) is 2.73. The zero-order chi connectivity index (χ0) is 22.2. The van der Waals surface area contributed by atoms with E-state index >= 15 is 0 Å². The molecule has 1 aliphatic heterocycles. The summed E-state index contributed by atoms with van der Waals surface area (Å²) in [5, 5.41) is 12.4. The zero-order valence-electron chi connectivity index (χ0n) is 17.5. The van der Waals surface area contributed by atoms with Gasteiger partial charge in [0.25, 0.3) is 5.92 Å². The van der Waals surface area contributed by atoms with E-state index in [2.05, 4.69) is 33.2 Å². The lowest BCUT2D eigenvalue weighted by Crippen LogP contribution is -2.43. The fourth-order valence-electron chi connectivity index (χ4n) is 4.14. The lowest BCUT2D eigenvalue weighted by Gasteiger charge is -2.36. The van der Waals surface area contributed by atoms with Gasteiger partial charge in [0.2, 0.25) is 5.88 Å². The maximum Gasteiger partial charge on any atom is 0.255 e. The zero-order valence-corrected chi connectivity index (χ0v) is 18.2. The molecular weight excluding hydrogens is 424 g/mol. The normalized spacial score (nSPS) is 19.1. The maximum atomic E-state index is 13.0. The fraction of sp³-hybridized carbons (Fsp3) is 0.500. The van der Waals surface area contributed by atoms with Gasteiger partial charge in [-0.25, -0.2) is 18.7 Å². The summed E-state index contributed by atoms with van der Waals surface area (Å²) < 4.78 is 31.5. The molecule has 164 valence electrons. The number of nitriles is 1. The van der Waals surface area contributed by atoms with Gasteiger partial charge < -0.3 is 10.1 Å². The van der Waals surface area contributed by atoms with Gasteiger partial charge in [-0.3, -0.25) is 4.90 Å². The van der Waals surface area contributed by atoms with Gasteiger partial charge in [0.15, 0.2) is 0 Å². The van der Waals surface area contributed by atoms with Crippen LogP contribution in [-0.4, -0.2) is 40.0 Å². The predicted molar refractivity (Wildman–Crippen MR) is 113 cm³/mol. The number of rotatable bonds is 6. The molecule has 1 atom stereocenters. The molecule has 9 heteroatoms. The molecule has 0 saturated heterocycles. The van der Waals surface area contributed by atoms with E-state index in [9.17, 15) is 8.78 Å². The molecular formula is C22H24ClF2N5O. The van der Waals surface area contributed by atoms with Crippen LogP contribution in [0.3, 0.4) is 0 Å². The number of hydrogen-bond donors (Lipinski definition) is 1. The summed E-state index contributed by atoms with van der Waals surface area (Å²) in [5.41, 5.74) is 4.22. The van der Waals surface area contributed by atoms with Gasteiger partial charge in [-0.1, -0.05) is 17.7 Å². The van der Waals surface area contributed by atoms with Crippen LogP contribution in [-0.2, 0) is 13.0 Å². The van der Waals surface area contributed by atoms with Crippen LogP contribution in [0.1, 0.15) is 48.1 Å². The fourth-order valence-corrected chi connectivity index (χ4v) is 4.34. The van der Waals surface area contributed by atoms with Crippen molar-refractivity contribution in [2.45, 2.75) is 57.7 Å². The van der Waals surface area contributed by atoms with E-state index in [1.807, 2.05) is 13.0 Å². The maximum absolute atomic E-state index is 13.0. The van der Waals surface area contributed by atoms with Crippen LogP contribution >= 0.6 is 11.6 Å². The van der Waals surface area contributed by atoms with Gasteiger partial charge in [0.05, 0.1) is 6.07 Å². The lowest BCUT2D eigenvalue weighted by atomic mass is 9.91. The molecule has 6 nitrogen and oxygen atoms in total. The highest BCUT2D eigenvalue weighted by Crippen LogP contribution is 2.39. The Kier molecular flexibility index (Phi) is 6.00. The van der Waals surface area contributed by atoms with Crippen LogP contribution in [0.15, 0.2) is 18.3 Å². The minimum absolute atomic E-state index is 0.101. The molecule has 0 radical (unpaired) electrons. The molecule has 2 aromatic heterocycles. The number of ether oxygens (including phenoxy) is 1. The Labute approximate surface area is 185 Å². The second-order valence-corrected chi connectivity index (χ2v) is 8.53. The Morgan fingerprint density at radius 2 is 2.16 bits per heavy atom. The molecule has 1 aliphatic carbocycles. The van der Waals surface area contributed by atoms with E-state index < -0.39 is 12.0 Å². The van der Waals surface area contributed by atoms with Crippen molar-refractivity contribution in [2.75, 3.05) is 18.4 Å². The van der Waals surface area contributed by atoms with Gasteiger partial charge in [-0.05, 0) is 37.0 Å². The number of halogens is 3. The Hall–Kier alpha value is -2.50. The van der Waals surface area contributed by atoms with Crippen molar-refractivity contribution in [3.8, 4) is 11.9 Å². The van der Waals surface area contributed by atoms with E-state index in [1.165, 1.54) is 0 Å². The SMILES string of the molecule is Cc1c(Cl)nc(NCC#N)c2c1CN(C(C)c1ccc(OC3CC(F)(F)C3)nc1)CC2. The minimum atomic E-state index is -2.61. The first-order valence-electron chi connectivity index (χ1n) is 10.3. The summed E-state index contributed by atoms with van der Waals surface area (Å²) in [7, 11) is 0. The third-order valence-electron chi connectivity index (χ3n) is 6.10. The van der Waals surface area contributed by atoms with Crippen LogP contribution in [0.4, 0.5) is 14.6 Å². The van der Waals surface area contributed by atoms with E-state index in [4.69, 9.17) is 21.6 Å². The highest BCUT2D eigenvalue weighted by molar-refractivity contribution is 6.30. The number of aromatic nitrogens is 2. The summed E-state index contributed by atoms with van der Waals surface area (Å²) in [6.45, 7) is 5.79. The molecule has 3 heterocycles. The van der Waals surface area contributed by atoms with Crippen LogP contribution in [0.25, 0.3) is 0 Å². The van der Waals surface area contributed by atoms with E-state index in [0.717, 1.165) is 35.2 Å². The molecule has 0 bridgehead atoms. The topological polar surface area (TPSA) is 74.1 Å². The standard InChI is InChI=1S/C22H24ClF2N5O/c1-13-18-12-30(8-5-17(18)21(27-7-6-26)29-20(13)23)14(2)15-3-4-19(28-11-15)31-16-9-22(24,25)10-16/h3-4,11,14,16H,5,7-10,12H2,1-2H3,(H,27,29). The van der Waals surface area contributed by atoms with Crippen molar-refractivity contribution in [1.82, 2.24) is 14.9 Å². The minimum Gasteiger partial charge on any atom is -0.474 e. The number of nitrogens with zero attached hydrogens (tertiary/aromatic N) is 4. The quantitative estimate of drug-likeness (QED) is 0.512. The molecule has 0 spiro atoms. The lowest BCUT2D eigenvalue weighted by molar-refractivity contribution is -0.135. The van der Waals surface area contributed by atoms with Gasteiger partial charge in [0.1, 0.15) is 23.6 Å². The van der Waals surface area contributed by atoms with Crippen molar-refractivity contribution in [1.29, 1.82) is 5.26 Å². The van der Waals surface area contributed by atoms with Crippen molar-refractivity contribution in [3.05, 3.63) is 45.7 Å². The number of alkyl halides is 2. The third-order valence-corrected chi connectivity index (χ3v) is 6.46. The van der Waals surface area contributed by atoms with Crippen molar-refractivity contribution < 1.29 is 13.5 Å². The first-order valence-corrected chi connectivity index (χ1v) is 10.7. The first-order chi connectivity index (χ1) is 14.8. The van der Waals surface area contributed by atoms with Gasteiger partial charge in [-0.15, -0.1) is 0 Å². The van der Waals surface area contributed by atoms with Crippen LogP contribution in [0, 0.1) is 18.3 Å². The van der Waals surface area contributed by atoms with Crippen LogP contribution in [0.5, 0.6) is 5.88 Å². The predicted octanol–water partition coefficient (Wildman–Crippen LogP) is 4.67. The van der Waals surface area contributed by atoms with E-state index in [-0.39, 0.29) is 25.4 Å². The smallest absolute Gasteiger partial charge is 0.255 e. The first kappa shape index (κ1) is 21.7. The Morgan fingerprint density at radius 1 is 1.39 bits per heavy atom. The second kappa shape index (κ2) is 8.56. The van der Waals surface area contributed by atoms with E-state index in [1.54, 1.807) is 12.3 Å². The monoisotopic (exact) mass is 447 g/mol. The summed E-state index contributed by atoms with van der Waals surface area (Å²) >= 11 is 6.34. The van der Waals surface area contributed by atoms with Crippen LogP contribution in [0.2, 0.25) is 5.15 Å². The van der Waals surface area contributed by atoms with Gasteiger partial charge in [-0.2, -0.15) is 5.26 Å². The Bertz CT molecular complexity index is 1000. The number of nitrogens with one attached hydrogen (secondary N) is 1. The van der Waals surface area contributed by atoms with Gasteiger partial charge in [0, 0.05) is 49.8 Å². The highest BCUT2D eigenvalue weighted by atomic mass is 35.5. The summed E-state index contributed by atoms with van der Waals surface area (Å²) in [6.07, 6.45) is 1.58. The molecule has 0 aromatic carbocycles. The van der Waals surface area contributed by atoms with E-state index in [0.29, 0.717) is 23.4 Å². The Balaban J connectivity index is 1.45. The molecule has 1 unspecified atom stereocenters. The Morgan fingerprint density at radius 3 is 2.81 bits per heavy atom. The summed E-state index contributed by atoms with van der Waals surface area (Å²) in [6, 6.07) is 5.86. The molecule has 0 amide bonds. The molecule has 2 aliphatic rings. The molecule has 1 fully saturated rings. The molecule has 2 aromatic rings. The summed E-state index contributed by atoms with van der Waals surface area (Å²) in [5.74, 6) is -1.55. The van der Waals surface area contributed by atoms with Crippen molar-refractivity contribution >= 4 is 17.4 Å². The van der Waals surface area contributed by atoms with Crippen molar-refractivity contribution in [3.63, 3.8) is 0 Å². The largest absolute Gasteiger partial charge is 0.474 e. The average molecular weight is 448 g/mol. The van der Waals surface area contributed by atoms with Crippen LogP contribution < -0.4 is 10.1 Å². The number of hydrogen-bond acceptors (Lipinski definition) is 6.